The third kappa shape index (κ3) is 6.87. The van der Waals surface area contributed by atoms with Crippen LogP contribution in [0, 0.1) is 6.92 Å². The number of benzene rings is 2. The number of aryl methyl sites for hydroxylation is 2. The van der Waals surface area contributed by atoms with Crippen LogP contribution < -0.4 is 10.1 Å². The standard InChI is InChI=1S/C22H30N2O4S/c1-4-16-28-21-10-6-5-8-19(21)9-7-15-23-22(25)17-24(3)29(26,27)20-13-11-18(2)12-14-20/h5-6,8,10-14H,4,7,9,15-17H2,1-3H3,(H,23,25). The predicted molar refractivity (Wildman–Crippen MR) is 115 cm³/mol. The van der Waals surface area contributed by atoms with E-state index in [1.807, 2.05) is 31.2 Å². The Morgan fingerprint density at radius 1 is 1.10 bits per heavy atom. The molecule has 0 atom stereocenters. The number of nitrogens with zero attached hydrogens (tertiary/aromatic N) is 1. The molecule has 2 aromatic rings. The number of likely N-dealkylation sites (N-methyl/N-ethyl adjacent to an activating group) is 1. The Morgan fingerprint density at radius 3 is 2.48 bits per heavy atom. The van der Waals surface area contributed by atoms with Gasteiger partial charge in [-0.15, -0.1) is 0 Å². The maximum Gasteiger partial charge on any atom is 0.243 e. The van der Waals surface area contributed by atoms with Crippen molar-refractivity contribution in [2.45, 2.75) is 38.0 Å². The first-order valence-electron chi connectivity index (χ1n) is 9.85. The lowest BCUT2D eigenvalue weighted by atomic mass is 10.1. The van der Waals surface area contributed by atoms with Gasteiger partial charge in [0.25, 0.3) is 0 Å². The maximum absolute atomic E-state index is 12.5. The van der Waals surface area contributed by atoms with E-state index in [1.54, 1.807) is 24.3 Å². The van der Waals surface area contributed by atoms with Gasteiger partial charge in [-0.25, -0.2) is 8.42 Å². The topological polar surface area (TPSA) is 75.7 Å². The van der Waals surface area contributed by atoms with Crippen LogP contribution >= 0.6 is 0 Å². The monoisotopic (exact) mass is 418 g/mol. The van der Waals surface area contributed by atoms with Crippen molar-refractivity contribution in [3.63, 3.8) is 0 Å². The fraction of sp³-hybridized carbons (Fsp3) is 0.409. The lowest BCUT2D eigenvalue weighted by Gasteiger charge is -2.17. The molecule has 6 nitrogen and oxygen atoms in total. The van der Waals surface area contributed by atoms with Gasteiger partial charge < -0.3 is 10.1 Å². The van der Waals surface area contributed by atoms with E-state index in [0.717, 1.165) is 40.4 Å². The van der Waals surface area contributed by atoms with Gasteiger partial charge in [0.15, 0.2) is 0 Å². The molecular formula is C22H30N2O4S. The van der Waals surface area contributed by atoms with Crippen LogP contribution in [0.3, 0.4) is 0 Å². The van der Waals surface area contributed by atoms with E-state index < -0.39 is 10.0 Å². The van der Waals surface area contributed by atoms with E-state index in [-0.39, 0.29) is 17.3 Å². The second-order valence-corrected chi connectivity index (χ2v) is 9.03. The van der Waals surface area contributed by atoms with E-state index in [0.29, 0.717) is 13.2 Å². The van der Waals surface area contributed by atoms with Gasteiger partial charge in [-0.3, -0.25) is 4.79 Å². The van der Waals surface area contributed by atoms with Gasteiger partial charge in [-0.05, 0) is 49.9 Å². The summed E-state index contributed by atoms with van der Waals surface area (Å²) in [7, 11) is -2.27. The molecule has 2 rings (SSSR count). The van der Waals surface area contributed by atoms with E-state index in [9.17, 15) is 13.2 Å². The van der Waals surface area contributed by atoms with E-state index in [1.165, 1.54) is 7.05 Å². The molecule has 0 bridgehead atoms. The summed E-state index contributed by atoms with van der Waals surface area (Å²) in [5.74, 6) is 0.559. The van der Waals surface area contributed by atoms with Crippen molar-refractivity contribution in [1.29, 1.82) is 0 Å². The highest BCUT2D eigenvalue weighted by atomic mass is 32.2. The number of hydrogen-bond donors (Lipinski definition) is 1. The second kappa shape index (κ2) is 11.0. The molecule has 0 unspecified atom stereocenters. The van der Waals surface area contributed by atoms with Crippen molar-refractivity contribution in [3.05, 3.63) is 59.7 Å². The SMILES string of the molecule is CCCOc1ccccc1CCCNC(=O)CN(C)S(=O)(=O)c1ccc(C)cc1. The van der Waals surface area contributed by atoms with Crippen LogP contribution in [0.15, 0.2) is 53.4 Å². The molecule has 2 aromatic carbocycles. The average molecular weight is 419 g/mol. The molecule has 0 saturated heterocycles. The zero-order chi connectivity index (χ0) is 21.3. The number of carbonyl (C=O) groups is 1. The average Bonchev–Trinajstić information content (AvgIpc) is 2.70. The summed E-state index contributed by atoms with van der Waals surface area (Å²) in [6.45, 7) is 4.89. The Hall–Kier alpha value is -2.38. The minimum Gasteiger partial charge on any atom is -0.493 e. The number of hydrogen-bond acceptors (Lipinski definition) is 4. The van der Waals surface area contributed by atoms with Crippen molar-refractivity contribution in [3.8, 4) is 5.75 Å². The van der Waals surface area contributed by atoms with Crippen LogP contribution in [-0.2, 0) is 21.2 Å². The first kappa shape index (κ1) is 22.9. The minimum atomic E-state index is -3.68. The number of ether oxygens (including phenoxy) is 1. The molecule has 0 aromatic heterocycles. The Balaban J connectivity index is 1.81. The molecule has 0 heterocycles. The number of nitrogens with one attached hydrogen (secondary N) is 1. The number of carbonyl (C=O) groups excluding carboxylic acids is 1. The third-order valence-electron chi connectivity index (χ3n) is 4.47. The number of amides is 1. The number of para-hydroxylation sites is 1. The molecule has 158 valence electrons. The van der Waals surface area contributed by atoms with Gasteiger partial charge >= 0.3 is 0 Å². The van der Waals surface area contributed by atoms with Crippen molar-refractivity contribution >= 4 is 15.9 Å². The van der Waals surface area contributed by atoms with Crippen LogP contribution in [0.1, 0.15) is 30.9 Å². The van der Waals surface area contributed by atoms with Gasteiger partial charge in [-0.1, -0.05) is 42.8 Å². The summed E-state index contributed by atoms with van der Waals surface area (Å²) in [5.41, 5.74) is 2.08. The Kier molecular flexibility index (Phi) is 8.67. The van der Waals surface area contributed by atoms with Crippen LogP contribution in [-0.4, -0.2) is 45.4 Å². The highest BCUT2D eigenvalue weighted by molar-refractivity contribution is 7.89. The van der Waals surface area contributed by atoms with E-state index in [4.69, 9.17) is 4.74 Å². The molecule has 7 heteroatoms. The summed E-state index contributed by atoms with van der Waals surface area (Å²) in [5, 5.41) is 2.79. The highest BCUT2D eigenvalue weighted by Crippen LogP contribution is 2.19. The Bertz CT molecular complexity index is 895. The zero-order valence-corrected chi connectivity index (χ0v) is 18.2. The second-order valence-electron chi connectivity index (χ2n) is 6.98. The Labute approximate surface area is 173 Å². The molecule has 0 aliphatic carbocycles. The first-order valence-corrected chi connectivity index (χ1v) is 11.3. The molecule has 1 amide bonds. The molecule has 1 N–H and O–H groups in total. The smallest absolute Gasteiger partial charge is 0.243 e. The molecule has 29 heavy (non-hydrogen) atoms. The summed E-state index contributed by atoms with van der Waals surface area (Å²) in [6.07, 6.45) is 2.47. The lowest BCUT2D eigenvalue weighted by Crippen LogP contribution is -2.38. The van der Waals surface area contributed by atoms with Crippen molar-refractivity contribution < 1.29 is 17.9 Å². The summed E-state index contributed by atoms with van der Waals surface area (Å²) >= 11 is 0. The fourth-order valence-corrected chi connectivity index (χ4v) is 3.93. The number of rotatable bonds is 11. The van der Waals surface area contributed by atoms with E-state index >= 15 is 0 Å². The predicted octanol–water partition coefficient (Wildman–Crippen LogP) is 3.15. The first-order chi connectivity index (χ1) is 13.8. The van der Waals surface area contributed by atoms with Gasteiger partial charge in [0.1, 0.15) is 5.75 Å². The lowest BCUT2D eigenvalue weighted by molar-refractivity contribution is -0.121. The Morgan fingerprint density at radius 2 is 1.79 bits per heavy atom. The largest absolute Gasteiger partial charge is 0.493 e. The number of sulfonamides is 1. The minimum absolute atomic E-state index is 0.182. The van der Waals surface area contributed by atoms with E-state index in [2.05, 4.69) is 12.2 Å². The van der Waals surface area contributed by atoms with Gasteiger partial charge in [0.2, 0.25) is 15.9 Å². The summed E-state index contributed by atoms with van der Waals surface area (Å²) < 4.78 is 31.9. The van der Waals surface area contributed by atoms with Crippen molar-refractivity contribution in [1.82, 2.24) is 9.62 Å². The molecule has 0 saturated carbocycles. The molecular weight excluding hydrogens is 388 g/mol. The molecule has 0 aliphatic heterocycles. The van der Waals surface area contributed by atoms with Crippen LogP contribution in [0.25, 0.3) is 0 Å². The summed E-state index contributed by atoms with van der Waals surface area (Å²) in [6, 6.07) is 14.5. The van der Waals surface area contributed by atoms with Crippen LogP contribution in [0.5, 0.6) is 5.75 Å². The van der Waals surface area contributed by atoms with Crippen molar-refractivity contribution in [2.75, 3.05) is 26.7 Å². The van der Waals surface area contributed by atoms with Crippen LogP contribution in [0.2, 0.25) is 0 Å². The zero-order valence-electron chi connectivity index (χ0n) is 17.3. The van der Waals surface area contributed by atoms with Crippen molar-refractivity contribution in [2.24, 2.45) is 0 Å². The fourth-order valence-electron chi connectivity index (χ4n) is 2.80. The summed E-state index contributed by atoms with van der Waals surface area (Å²) in [4.78, 5) is 12.3. The highest BCUT2D eigenvalue weighted by Gasteiger charge is 2.22. The molecule has 0 spiro atoms. The third-order valence-corrected chi connectivity index (χ3v) is 6.29. The quantitative estimate of drug-likeness (QED) is 0.569. The maximum atomic E-state index is 12.5. The molecule has 0 aliphatic rings. The normalized spacial score (nSPS) is 11.4. The van der Waals surface area contributed by atoms with Gasteiger partial charge in [0.05, 0.1) is 18.0 Å². The van der Waals surface area contributed by atoms with Gasteiger partial charge in [-0.2, -0.15) is 4.31 Å². The van der Waals surface area contributed by atoms with Gasteiger partial charge in [0, 0.05) is 13.6 Å². The molecule has 0 radical (unpaired) electrons. The van der Waals surface area contributed by atoms with Crippen LogP contribution in [0.4, 0.5) is 0 Å². The molecule has 0 fully saturated rings.